The van der Waals surface area contributed by atoms with Crippen molar-refractivity contribution >= 4 is 28.4 Å². The van der Waals surface area contributed by atoms with Crippen molar-refractivity contribution in [2.24, 2.45) is 0 Å². The summed E-state index contributed by atoms with van der Waals surface area (Å²) in [4.78, 5) is 24.7. The zero-order valence-corrected chi connectivity index (χ0v) is 14.2. The van der Waals surface area contributed by atoms with Crippen LogP contribution in [0.3, 0.4) is 0 Å². The molecule has 0 aliphatic rings. The number of ether oxygens (including phenoxy) is 2. The van der Waals surface area contributed by atoms with Gasteiger partial charge in [-0.3, -0.25) is 14.2 Å². The third-order valence-corrected chi connectivity index (χ3v) is 3.95. The minimum absolute atomic E-state index is 0.175. The molecule has 1 heterocycles. The van der Waals surface area contributed by atoms with Crippen LogP contribution in [-0.2, 0) is 0 Å². The Morgan fingerprint density at radius 1 is 1.04 bits per heavy atom. The molecule has 25 heavy (non-hydrogen) atoms. The van der Waals surface area contributed by atoms with E-state index >= 15 is 0 Å². The molecule has 128 valence electrons. The Bertz CT molecular complexity index is 959. The number of nitrogens with zero attached hydrogens (tertiary/aromatic N) is 1. The van der Waals surface area contributed by atoms with Crippen LogP contribution in [0.1, 0.15) is 22.1 Å². The second-order valence-electron chi connectivity index (χ2n) is 5.47. The molecule has 1 amide bonds. The van der Waals surface area contributed by atoms with Crippen LogP contribution >= 0.6 is 0 Å². The number of hydrogen-bond donors (Lipinski definition) is 1. The molecule has 0 unspecified atom stereocenters. The molecular formula is C19H18N2O4. The maximum absolute atomic E-state index is 12.8. The highest BCUT2D eigenvalue weighted by molar-refractivity contribution is 6.14. The average molecular weight is 338 g/mol. The van der Waals surface area contributed by atoms with Crippen LogP contribution in [0, 0.1) is 0 Å². The third-order valence-electron chi connectivity index (χ3n) is 3.95. The van der Waals surface area contributed by atoms with Gasteiger partial charge in [0.15, 0.2) is 0 Å². The van der Waals surface area contributed by atoms with Crippen molar-refractivity contribution in [3.05, 3.63) is 54.2 Å². The summed E-state index contributed by atoms with van der Waals surface area (Å²) in [6, 6.07) is 12.4. The smallest absolute Gasteiger partial charge is 0.257 e. The molecule has 0 saturated carbocycles. The first-order chi connectivity index (χ1) is 12.0. The summed E-state index contributed by atoms with van der Waals surface area (Å²) >= 11 is 0. The summed E-state index contributed by atoms with van der Waals surface area (Å²) in [5.41, 5.74) is 1.59. The van der Waals surface area contributed by atoms with Gasteiger partial charge >= 0.3 is 0 Å². The topological polar surface area (TPSA) is 69.6 Å². The van der Waals surface area contributed by atoms with Crippen LogP contribution in [-0.4, -0.2) is 30.6 Å². The first-order valence-electron chi connectivity index (χ1n) is 7.69. The second kappa shape index (κ2) is 6.68. The van der Waals surface area contributed by atoms with E-state index in [1.807, 2.05) is 6.07 Å². The summed E-state index contributed by atoms with van der Waals surface area (Å²) < 4.78 is 11.9. The fraction of sp³-hybridized carbons (Fsp3) is 0.158. The third kappa shape index (κ3) is 3.06. The molecule has 1 N–H and O–H groups in total. The normalized spacial score (nSPS) is 10.5. The van der Waals surface area contributed by atoms with Crippen molar-refractivity contribution in [2.45, 2.75) is 6.92 Å². The quantitative estimate of drug-likeness (QED) is 0.789. The van der Waals surface area contributed by atoms with Crippen molar-refractivity contribution in [3.63, 3.8) is 0 Å². The minimum Gasteiger partial charge on any atom is -0.497 e. The Morgan fingerprint density at radius 2 is 1.80 bits per heavy atom. The van der Waals surface area contributed by atoms with Gasteiger partial charge in [0.2, 0.25) is 5.91 Å². The van der Waals surface area contributed by atoms with Crippen LogP contribution in [0.2, 0.25) is 0 Å². The number of aromatic nitrogens is 1. The maximum Gasteiger partial charge on any atom is 0.257 e. The van der Waals surface area contributed by atoms with E-state index in [0.29, 0.717) is 33.7 Å². The summed E-state index contributed by atoms with van der Waals surface area (Å²) in [5, 5.41) is 3.47. The molecule has 6 nitrogen and oxygen atoms in total. The molecular weight excluding hydrogens is 320 g/mol. The SMILES string of the molecule is COc1ccc2c(c1)c(C(=O)Nc1ccccc1OC)cn2C(C)=O. The Hall–Kier alpha value is -3.28. The van der Waals surface area contributed by atoms with E-state index < -0.39 is 0 Å². The van der Waals surface area contributed by atoms with Crippen molar-refractivity contribution < 1.29 is 19.1 Å². The lowest BCUT2D eigenvalue weighted by Gasteiger charge is -2.09. The van der Waals surface area contributed by atoms with Gasteiger partial charge in [0, 0.05) is 18.5 Å². The lowest BCUT2D eigenvalue weighted by Crippen LogP contribution is -2.12. The van der Waals surface area contributed by atoms with Crippen LogP contribution < -0.4 is 14.8 Å². The van der Waals surface area contributed by atoms with Gasteiger partial charge in [-0.25, -0.2) is 0 Å². The fourth-order valence-corrected chi connectivity index (χ4v) is 2.72. The molecule has 0 bridgehead atoms. The molecule has 0 aliphatic heterocycles. The Balaban J connectivity index is 2.07. The molecule has 0 aliphatic carbocycles. The highest BCUT2D eigenvalue weighted by Crippen LogP contribution is 2.28. The predicted molar refractivity (Wildman–Crippen MR) is 95.7 cm³/mol. The van der Waals surface area contributed by atoms with Crippen LogP contribution in [0.4, 0.5) is 5.69 Å². The summed E-state index contributed by atoms with van der Waals surface area (Å²) in [6.45, 7) is 1.45. The van der Waals surface area contributed by atoms with Gasteiger partial charge in [-0.05, 0) is 30.3 Å². The number of methoxy groups -OCH3 is 2. The Labute approximate surface area is 145 Å². The maximum atomic E-state index is 12.8. The van der Waals surface area contributed by atoms with E-state index in [9.17, 15) is 9.59 Å². The molecule has 0 saturated heterocycles. The van der Waals surface area contributed by atoms with Gasteiger partial charge in [-0.1, -0.05) is 12.1 Å². The lowest BCUT2D eigenvalue weighted by molar-refractivity contribution is 0.0941. The van der Waals surface area contributed by atoms with Gasteiger partial charge in [0.1, 0.15) is 11.5 Å². The molecule has 3 aromatic rings. The van der Waals surface area contributed by atoms with Gasteiger partial charge in [-0.15, -0.1) is 0 Å². The largest absolute Gasteiger partial charge is 0.497 e. The Morgan fingerprint density at radius 3 is 2.48 bits per heavy atom. The zero-order chi connectivity index (χ0) is 18.0. The minimum atomic E-state index is -0.331. The fourth-order valence-electron chi connectivity index (χ4n) is 2.72. The van der Waals surface area contributed by atoms with E-state index in [0.717, 1.165) is 0 Å². The molecule has 0 fully saturated rings. The van der Waals surface area contributed by atoms with Crippen molar-refractivity contribution in [1.29, 1.82) is 0 Å². The molecule has 6 heteroatoms. The highest BCUT2D eigenvalue weighted by atomic mass is 16.5. The summed E-state index contributed by atoms with van der Waals surface area (Å²) in [5.74, 6) is 0.665. The van der Waals surface area contributed by atoms with E-state index in [4.69, 9.17) is 9.47 Å². The number of para-hydroxylation sites is 2. The van der Waals surface area contributed by atoms with E-state index in [1.54, 1.807) is 43.5 Å². The van der Waals surface area contributed by atoms with Crippen molar-refractivity contribution in [1.82, 2.24) is 4.57 Å². The van der Waals surface area contributed by atoms with Crippen molar-refractivity contribution in [3.8, 4) is 11.5 Å². The van der Waals surface area contributed by atoms with E-state index in [-0.39, 0.29) is 11.8 Å². The van der Waals surface area contributed by atoms with Crippen molar-refractivity contribution in [2.75, 3.05) is 19.5 Å². The molecule has 1 aromatic heterocycles. The molecule has 0 spiro atoms. The average Bonchev–Trinajstić information content (AvgIpc) is 3.01. The molecule has 3 rings (SSSR count). The van der Waals surface area contributed by atoms with Gasteiger partial charge in [0.05, 0.1) is 31.0 Å². The number of benzene rings is 2. The predicted octanol–water partition coefficient (Wildman–Crippen LogP) is 3.57. The number of anilines is 1. The highest BCUT2D eigenvalue weighted by Gasteiger charge is 2.18. The van der Waals surface area contributed by atoms with Crippen LogP contribution in [0.5, 0.6) is 11.5 Å². The number of carbonyl (C=O) groups excluding carboxylic acids is 2. The number of carbonyl (C=O) groups is 2. The number of fused-ring (bicyclic) bond motifs is 1. The van der Waals surface area contributed by atoms with Crippen LogP contribution in [0.25, 0.3) is 10.9 Å². The number of hydrogen-bond acceptors (Lipinski definition) is 4. The number of rotatable bonds is 4. The molecule has 0 radical (unpaired) electrons. The standard InChI is InChI=1S/C19H18N2O4/c1-12(22)21-11-15(14-10-13(24-2)8-9-17(14)21)19(23)20-16-6-4-5-7-18(16)25-3/h4-11H,1-3H3,(H,20,23). The first-order valence-corrected chi connectivity index (χ1v) is 7.69. The van der Waals surface area contributed by atoms with E-state index in [1.165, 1.54) is 24.8 Å². The summed E-state index contributed by atoms with van der Waals surface area (Å²) in [6.07, 6.45) is 1.54. The number of nitrogens with one attached hydrogen (secondary N) is 1. The van der Waals surface area contributed by atoms with Crippen LogP contribution in [0.15, 0.2) is 48.7 Å². The Kier molecular flexibility index (Phi) is 4.43. The number of amides is 1. The molecule has 0 atom stereocenters. The summed E-state index contributed by atoms with van der Waals surface area (Å²) in [7, 11) is 3.09. The van der Waals surface area contributed by atoms with Gasteiger partial charge in [-0.2, -0.15) is 0 Å². The second-order valence-corrected chi connectivity index (χ2v) is 5.47. The monoisotopic (exact) mass is 338 g/mol. The van der Waals surface area contributed by atoms with Gasteiger partial charge in [0.25, 0.3) is 5.91 Å². The lowest BCUT2D eigenvalue weighted by atomic mass is 10.1. The zero-order valence-electron chi connectivity index (χ0n) is 14.2. The first kappa shape index (κ1) is 16.6. The van der Waals surface area contributed by atoms with E-state index in [2.05, 4.69) is 5.32 Å². The van der Waals surface area contributed by atoms with Gasteiger partial charge < -0.3 is 14.8 Å². The molecule has 2 aromatic carbocycles.